The van der Waals surface area contributed by atoms with Crippen LogP contribution in [0.2, 0.25) is 0 Å². The summed E-state index contributed by atoms with van der Waals surface area (Å²) in [6.45, 7) is 6.11. The number of hydrogen-bond donors (Lipinski definition) is 0. The van der Waals surface area contributed by atoms with Crippen LogP contribution in [0.25, 0.3) is 0 Å². The predicted octanol–water partition coefficient (Wildman–Crippen LogP) is 2.14. The monoisotopic (exact) mass is 219 g/mol. The van der Waals surface area contributed by atoms with Gasteiger partial charge in [0, 0.05) is 24.5 Å². The van der Waals surface area contributed by atoms with E-state index < -0.39 is 12.3 Å². The lowest BCUT2D eigenvalue weighted by atomic mass is 9.84. The van der Waals surface area contributed by atoms with Crippen molar-refractivity contribution in [3.8, 4) is 0 Å². The first-order valence-corrected chi connectivity index (χ1v) is 5.68. The Labute approximate surface area is 89.6 Å². The molecule has 88 valence electrons. The van der Waals surface area contributed by atoms with Gasteiger partial charge < -0.3 is 4.74 Å². The fraction of sp³-hybridized carbons (Fsp3) is 1.00. The fourth-order valence-electron chi connectivity index (χ4n) is 2.65. The molecule has 15 heavy (non-hydrogen) atoms. The summed E-state index contributed by atoms with van der Waals surface area (Å²) in [5.74, 6) is -0.441. The molecule has 2 aliphatic rings. The number of alkyl halides is 2. The quantitative estimate of drug-likeness (QED) is 0.718. The van der Waals surface area contributed by atoms with Crippen LogP contribution in [-0.2, 0) is 4.74 Å². The van der Waals surface area contributed by atoms with E-state index in [2.05, 4.69) is 4.90 Å². The normalized spacial score (nSPS) is 36.0. The van der Waals surface area contributed by atoms with Crippen LogP contribution in [0.1, 0.15) is 26.7 Å². The molecule has 0 aromatic carbocycles. The first-order chi connectivity index (χ1) is 7.03. The predicted molar refractivity (Wildman–Crippen MR) is 54.1 cm³/mol. The molecule has 2 rings (SSSR count). The molecule has 0 amide bonds. The Morgan fingerprint density at radius 1 is 1.47 bits per heavy atom. The minimum atomic E-state index is -2.17. The Kier molecular flexibility index (Phi) is 2.99. The third kappa shape index (κ3) is 2.02. The van der Waals surface area contributed by atoms with Crippen LogP contribution < -0.4 is 0 Å². The highest BCUT2D eigenvalue weighted by Gasteiger charge is 2.53. The lowest BCUT2D eigenvalue weighted by Gasteiger charge is -2.48. The SMILES string of the molecule is CC(C)OC[C@]12CCN1C[C@H](C(F)F)C2. The molecule has 0 unspecified atom stereocenters. The topological polar surface area (TPSA) is 12.5 Å². The van der Waals surface area contributed by atoms with Crippen molar-refractivity contribution in [2.24, 2.45) is 5.92 Å². The smallest absolute Gasteiger partial charge is 0.242 e. The van der Waals surface area contributed by atoms with E-state index in [1.165, 1.54) is 0 Å². The van der Waals surface area contributed by atoms with Gasteiger partial charge in [0.05, 0.1) is 12.7 Å². The van der Waals surface area contributed by atoms with Crippen LogP contribution in [0.3, 0.4) is 0 Å². The van der Waals surface area contributed by atoms with Crippen molar-refractivity contribution >= 4 is 0 Å². The number of nitrogens with zero attached hydrogens (tertiary/aromatic N) is 1. The molecule has 0 bridgehead atoms. The standard InChI is InChI=1S/C11H19F2NO/c1-8(2)15-7-11-3-4-14(11)6-9(5-11)10(12)13/h8-10H,3-7H2,1-2H3/t9-,11-/m1/s1. The van der Waals surface area contributed by atoms with Crippen molar-refractivity contribution in [2.75, 3.05) is 19.7 Å². The molecule has 4 heteroatoms. The summed E-state index contributed by atoms with van der Waals surface area (Å²) in [7, 11) is 0. The Hall–Kier alpha value is -0.220. The summed E-state index contributed by atoms with van der Waals surface area (Å²) in [6, 6.07) is 0. The Bertz CT molecular complexity index is 235. The van der Waals surface area contributed by atoms with Crippen LogP contribution in [-0.4, -0.2) is 42.7 Å². The molecule has 2 nitrogen and oxygen atoms in total. The molecule has 2 saturated heterocycles. The molecule has 2 heterocycles. The first-order valence-electron chi connectivity index (χ1n) is 5.68. The van der Waals surface area contributed by atoms with Gasteiger partial charge in [-0.15, -0.1) is 0 Å². The molecule has 0 aromatic heterocycles. The highest BCUT2D eigenvalue weighted by Crippen LogP contribution is 2.45. The zero-order chi connectivity index (χ0) is 11.1. The van der Waals surface area contributed by atoms with Gasteiger partial charge in [0.2, 0.25) is 6.43 Å². The lowest BCUT2D eigenvalue weighted by Crippen LogP contribution is -2.58. The van der Waals surface area contributed by atoms with Gasteiger partial charge in [-0.1, -0.05) is 0 Å². The second kappa shape index (κ2) is 3.98. The Morgan fingerprint density at radius 2 is 2.20 bits per heavy atom. The number of fused-ring (bicyclic) bond motifs is 1. The highest BCUT2D eigenvalue weighted by atomic mass is 19.3. The summed E-state index contributed by atoms with van der Waals surface area (Å²) in [6.07, 6.45) is -0.362. The van der Waals surface area contributed by atoms with Crippen LogP contribution in [0.4, 0.5) is 8.78 Å². The summed E-state index contributed by atoms with van der Waals surface area (Å²) in [5.41, 5.74) is -0.0502. The zero-order valence-corrected chi connectivity index (χ0v) is 9.38. The molecule has 0 spiro atoms. The van der Waals surface area contributed by atoms with E-state index in [1.54, 1.807) is 0 Å². The molecule has 2 fully saturated rings. The average molecular weight is 219 g/mol. The molecule has 0 radical (unpaired) electrons. The van der Waals surface area contributed by atoms with Crippen molar-refractivity contribution in [3.05, 3.63) is 0 Å². The fourth-order valence-corrected chi connectivity index (χ4v) is 2.65. The number of hydrogen-bond acceptors (Lipinski definition) is 2. The Morgan fingerprint density at radius 3 is 2.67 bits per heavy atom. The maximum absolute atomic E-state index is 12.6. The van der Waals surface area contributed by atoms with Crippen LogP contribution in [0, 0.1) is 5.92 Å². The molecular formula is C11H19F2NO. The van der Waals surface area contributed by atoms with E-state index >= 15 is 0 Å². The summed E-state index contributed by atoms with van der Waals surface area (Å²) in [5, 5.41) is 0. The van der Waals surface area contributed by atoms with Gasteiger partial charge in [-0.05, 0) is 26.7 Å². The van der Waals surface area contributed by atoms with Crippen molar-refractivity contribution in [1.82, 2.24) is 4.90 Å². The summed E-state index contributed by atoms with van der Waals surface area (Å²) >= 11 is 0. The van der Waals surface area contributed by atoms with Crippen molar-refractivity contribution < 1.29 is 13.5 Å². The van der Waals surface area contributed by atoms with Crippen LogP contribution >= 0.6 is 0 Å². The molecule has 0 saturated carbocycles. The molecule has 0 aromatic rings. The zero-order valence-electron chi connectivity index (χ0n) is 9.38. The van der Waals surface area contributed by atoms with Crippen molar-refractivity contribution in [3.63, 3.8) is 0 Å². The van der Waals surface area contributed by atoms with Crippen molar-refractivity contribution in [2.45, 2.75) is 44.8 Å². The second-order valence-electron chi connectivity index (χ2n) is 5.08. The van der Waals surface area contributed by atoms with E-state index in [1.807, 2.05) is 13.8 Å². The maximum Gasteiger partial charge on any atom is 0.242 e. The minimum absolute atomic E-state index is 0.0502. The van der Waals surface area contributed by atoms with Gasteiger partial charge in [-0.3, -0.25) is 4.90 Å². The lowest BCUT2D eigenvalue weighted by molar-refractivity contribution is -0.0648. The van der Waals surface area contributed by atoms with E-state index in [-0.39, 0.29) is 11.6 Å². The van der Waals surface area contributed by atoms with Gasteiger partial charge >= 0.3 is 0 Å². The number of rotatable bonds is 4. The highest BCUT2D eigenvalue weighted by molar-refractivity contribution is 5.07. The largest absolute Gasteiger partial charge is 0.377 e. The van der Waals surface area contributed by atoms with Crippen LogP contribution in [0.15, 0.2) is 0 Å². The first kappa shape index (κ1) is 11.3. The number of halogens is 2. The van der Waals surface area contributed by atoms with Gasteiger partial charge in [-0.25, -0.2) is 8.78 Å². The van der Waals surface area contributed by atoms with Gasteiger partial charge in [0.15, 0.2) is 0 Å². The minimum Gasteiger partial charge on any atom is -0.377 e. The van der Waals surface area contributed by atoms with Crippen molar-refractivity contribution in [1.29, 1.82) is 0 Å². The van der Waals surface area contributed by atoms with Gasteiger partial charge in [0.25, 0.3) is 0 Å². The van der Waals surface area contributed by atoms with E-state index in [4.69, 9.17) is 4.74 Å². The van der Waals surface area contributed by atoms with E-state index in [0.717, 1.165) is 13.0 Å². The third-order valence-electron chi connectivity index (χ3n) is 3.66. The Balaban J connectivity index is 1.92. The molecule has 0 N–H and O–H groups in total. The van der Waals surface area contributed by atoms with Gasteiger partial charge in [0.1, 0.15) is 0 Å². The van der Waals surface area contributed by atoms with E-state index in [0.29, 0.717) is 19.6 Å². The second-order valence-corrected chi connectivity index (χ2v) is 5.08. The third-order valence-corrected chi connectivity index (χ3v) is 3.66. The molecular weight excluding hydrogens is 200 g/mol. The average Bonchev–Trinajstić information content (AvgIpc) is 2.37. The van der Waals surface area contributed by atoms with Gasteiger partial charge in [-0.2, -0.15) is 0 Å². The molecule has 2 atom stereocenters. The number of ether oxygens (including phenoxy) is 1. The molecule has 2 aliphatic heterocycles. The van der Waals surface area contributed by atoms with Crippen LogP contribution in [0.5, 0.6) is 0 Å². The maximum atomic E-state index is 12.6. The van der Waals surface area contributed by atoms with E-state index in [9.17, 15) is 8.78 Å². The summed E-state index contributed by atoms with van der Waals surface area (Å²) < 4.78 is 30.8. The molecule has 0 aliphatic carbocycles. The summed E-state index contributed by atoms with van der Waals surface area (Å²) in [4.78, 5) is 2.17.